The summed E-state index contributed by atoms with van der Waals surface area (Å²) in [5.74, 6) is -0.810. The smallest absolute Gasteiger partial charge is 0.308 e. The topological polar surface area (TPSA) is 69.6 Å². The van der Waals surface area contributed by atoms with Crippen molar-refractivity contribution in [1.29, 1.82) is 0 Å². The van der Waals surface area contributed by atoms with Crippen molar-refractivity contribution in [1.82, 2.24) is 5.32 Å². The molecule has 1 aromatic heterocycles. The van der Waals surface area contributed by atoms with Crippen molar-refractivity contribution < 1.29 is 15.0 Å². The lowest BCUT2D eigenvalue weighted by Crippen LogP contribution is -2.47. The van der Waals surface area contributed by atoms with Crippen LogP contribution in [-0.2, 0) is 17.8 Å². The first-order chi connectivity index (χ1) is 7.81. The van der Waals surface area contributed by atoms with Crippen LogP contribution in [0.5, 0.6) is 0 Å². The summed E-state index contributed by atoms with van der Waals surface area (Å²) >= 11 is 1.49. The monoisotopic (exact) mass is 257 g/mol. The highest BCUT2D eigenvalue weighted by Crippen LogP contribution is 2.18. The van der Waals surface area contributed by atoms with Crippen LogP contribution in [-0.4, -0.2) is 27.8 Å². The van der Waals surface area contributed by atoms with Gasteiger partial charge >= 0.3 is 5.97 Å². The van der Waals surface area contributed by atoms with Crippen LogP contribution >= 0.6 is 11.3 Å². The van der Waals surface area contributed by atoms with Gasteiger partial charge in [0.25, 0.3) is 0 Å². The van der Waals surface area contributed by atoms with E-state index in [1.54, 1.807) is 6.92 Å². The van der Waals surface area contributed by atoms with Crippen LogP contribution in [0.25, 0.3) is 0 Å². The fraction of sp³-hybridized carbons (Fsp3) is 0.583. The highest BCUT2D eigenvalue weighted by Gasteiger charge is 2.23. The number of aliphatic hydroxyl groups excluding tert-OH is 1. The summed E-state index contributed by atoms with van der Waals surface area (Å²) < 4.78 is 0. The number of carbonyl (C=O) groups is 1. The average molecular weight is 257 g/mol. The van der Waals surface area contributed by atoms with Crippen LogP contribution in [0, 0.1) is 0 Å². The van der Waals surface area contributed by atoms with E-state index in [0.717, 1.165) is 9.75 Å². The molecule has 4 nitrogen and oxygen atoms in total. The molecule has 0 fully saturated rings. The van der Waals surface area contributed by atoms with Gasteiger partial charge in [0.05, 0.1) is 12.5 Å². The lowest BCUT2D eigenvalue weighted by Gasteiger charge is -2.29. The maximum atomic E-state index is 10.5. The summed E-state index contributed by atoms with van der Waals surface area (Å²) in [5, 5.41) is 21.5. The Bertz CT molecular complexity index is 385. The van der Waals surface area contributed by atoms with Gasteiger partial charge in [0.15, 0.2) is 0 Å². The van der Waals surface area contributed by atoms with E-state index in [0.29, 0.717) is 6.54 Å². The Kier molecular flexibility index (Phi) is 4.68. The highest BCUT2D eigenvalue weighted by molar-refractivity contribution is 7.12. The number of carboxylic acids is 1. The van der Waals surface area contributed by atoms with Crippen LogP contribution < -0.4 is 5.32 Å². The lowest BCUT2D eigenvalue weighted by molar-refractivity contribution is -0.136. The first kappa shape index (κ1) is 14.2. The molecular weight excluding hydrogens is 238 g/mol. The van der Waals surface area contributed by atoms with E-state index in [9.17, 15) is 9.90 Å². The molecule has 0 bridgehead atoms. The molecule has 96 valence electrons. The standard InChI is InChI=1S/C12H19NO3S/c1-8(14)12(2,3)13-7-10-5-4-9(17-10)6-11(15)16/h4-5,8,13-14H,6-7H2,1-3H3,(H,15,16). The summed E-state index contributed by atoms with van der Waals surface area (Å²) in [6.45, 7) is 6.26. The maximum absolute atomic E-state index is 10.5. The van der Waals surface area contributed by atoms with Crippen molar-refractivity contribution in [2.45, 2.75) is 45.4 Å². The third-order valence-corrected chi connectivity index (χ3v) is 3.89. The molecule has 5 heteroatoms. The third-order valence-electron chi connectivity index (χ3n) is 2.81. The number of rotatable bonds is 6. The Labute approximate surface area is 105 Å². The summed E-state index contributed by atoms with van der Waals surface area (Å²) in [4.78, 5) is 12.5. The molecule has 1 unspecified atom stereocenters. The van der Waals surface area contributed by atoms with Crippen LogP contribution in [0.1, 0.15) is 30.5 Å². The molecule has 1 aromatic rings. The fourth-order valence-corrected chi connectivity index (χ4v) is 2.17. The largest absolute Gasteiger partial charge is 0.481 e. The molecule has 0 aliphatic carbocycles. The van der Waals surface area contributed by atoms with Gasteiger partial charge in [-0.3, -0.25) is 4.79 Å². The SMILES string of the molecule is CC(O)C(C)(C)NCc1ccc(CC(=O)O)s1. The first-order valence-electron chi connectivity index (χ1n) is 5.54. The molecular formula is C12H19NO3S. The second-order valence-corrected chi connectivity index (χ2v) is 5.94. The number of aliphatic carboxylic acids is 1. The molecule has 0 aliphatic rings. The van der Waals surface area contributed by atoms with E-state index in [1.807, 2.05) is 26.0 Å². The van der Waals surface area contributed by atoms with Gasteiger partial charge in [-0.05, 0) is 32.9 Å². The van der Waals surface area contributed by atoms with Crippen molar-refractivity contribution in [3.05, 3.63) is 21.9 Å². The average Bonchev–Trinajstić information content (AvgIpc) is 2.61. The molecule has 0 aliphatic heterocycles. The first-order valence-corrected chi connectivity index (χ1v) is 6.35. The number of thiophene rings is 1. The summed E-state index contributed by atoms with van der Waals surface area (Å²) in [5.41, 5.74) is -0.350. The van der Waals surface area contributed by atoms with Gasteiger partial charge < -0.3 is 15.5 Å². The predicted octanol–water partition coefficient (Wildman–Crippen LogP) is 1.62. The minimum Gasteiger partial charge on any atom is -0.481 e. The zero-order valence-electron chi connectivity index (χ0n) is 10.4. The molecule has 0 aromatic carbocycles. The zero-order chi connectivity index (χ0) is 13.1. The van der Waals surface area contributed by atoms with E-state index < -0.39 is 12.1 Å². The van der Waals surface area contributed by atoms with Gasteiger partial charge in [-0.15, -0.1) is 11.3 Å². The van der Waals surface area contributed by atoms with Gasteiger partial charge in [0.1, 0.15) is 0 Å². The van der Waals surface area contributed by atoms with E-state index in [2.05, 4.69) is 5.32 Å². The molecule has 0 saturated heterocycles. The maximum Gasteiger partial charge on any atom is 0.308 e. The number of nitrogens with one attached hydrogen (secondary N) is 1. The van der Waals surface area contributed by atoms with Crippen LogP contribution in [0.2, 0.25) is 0 Å². The van der Waals surface area contributed by atoms with Crippen LogP contribution in [0.3, 0.4) is 0 Å². The second kappa shape index (κ2) is 5.62. The number of carboxylic acid groups (broad SMARTS) is 1. The van der Waals surface area contributed by atoms with E-state index in [4.69, 9.17) is 5.11 Å². The lowest BCUT2D eigenvalue weighted by atomic mass is 9.99. The number of aliphatic hydroxyl groups is 1. The number of hydrogen-bond acceptors (Lipinski definition) is 4. The predicted molar refractivity (Wildman–Crippen MR) is 68.3 cm³/mol. The fourth-order valence-electron chi connectivity index (χ4n) is 1.22. The summed E-state index contributed by atoms with van der Waals surface area (Å²) in [7, 11) is 0. The van der Waals surface area contributed by atoms with E-state index in [1.165, 1.54) is 11.3 Å². The highest BCUT2D eigenvalue weighted by atomic mass is 32.1. The van der Waals surface area contributed by atoms with E-state index >= 15 is 0 Å². The molecule has 1 heterocycles. The molecule has 0 saturated carbocycles. The minimum atomic E-state index is -0.810. The summed E-state index contributed by atoms with van der Waals surface area (Å²) in [6.07, 6.45) is -0.370. The van der Waals surface area contributed by atoms with Gasteiger partial charge in [-0.1, -0.05) is 0 Å². The Morgan fingerprint density at radius 3 is 2.59 bits per heavy atom. The van der Waals surface area contributed by atoms with Crippen molar-refractivity contribution in [2.24, 2.45) is 0 Å². The normalized spacial score (nSPS) is 13.6. The molecule has 17 heavy (non-hydrogen) atoms. The molecule has 3 N–H and O–H groups in total. The zero-order valence-corrected chi connectivity index (χ0v) is 11.2. The third kappa shape index (κ3) is 4.46. The molecule has 0 amide bonds. The van der Waals surface area contributed by atoms with Crippen molar-refractivity contribution in [3.63, 3.8) is 0 Å². The molecule has 1 atom stereocenters. The Morgan fingerprint density at radius 1 is 1.47 bits per heavy atom. The molecule has 1 rings (SSSR count). The quantitative estimate of drug-likeness (QED) is 0.724. The minimum absolute atomic E-state index is 0.0739. The Hall–Kier alpha value is -0.910. The molecule has 0 radical (unpaired) electrons. The van der Waals surface area contributed by atoms with Crippen molar-refractivity contribution >= 4 is 17.3 Å². The van der Waals surface area contributed by atoms with Gasteiger partial charge in [0.2, 0.25) is 0 Å². The van der Waals surface area contributed by atoms with Crippen molar-refractivity contribution in [3.8, 4) is 0 Å². The number of hydrogen-bond donors (Lipinski definition) is 3. The van der Waals surface area contributed by atoms with Crippen LogP contribution in [0.15, 0.2) is 12.1 Å². The van der Waals surface area contributed by atoms with Crippen molar-refractivity contribution in [2.75, 3.05) is 0 Å². The van der Waals surface area contributed by atoms with E-state index in [-0.39, 0.29) is 12.0 Å². The Morgan fingerprint density at radius 2 is 2.06 bits per heavy atom. The van der Waals surface area contributed by atoms with Crippen LogP contribution in [0.4, 0.5) is 0 Å². The Balaban J connectivity index is 2.53. The second-order valence-electron chi connectivity index (χ2n) is 4.69. The van der Waals surface area contributed by atoms with Gasteiger partial charge in [-0.25, -0.2) is 0 Å². The van der Waals surface area contributed by atoms with Gasteiger partial charge in [-0.2, -0.15) is 0 Å². The summed E-state index contributed by atoms with van der Waals surface area (Å²) in [6, 6.07) is 3.76. The van der Waals surface area contributed by atoms with Gasteiger partial charge in [0, 0.05) is 21.8 Å². The molecule has 0 spiro atoms.